The SMILES string of the molecule is C=CCNC(=O)CC(C)(C)C(=O)O. The van der Waals surface area contributed by atoms with E-state index in [9.17, 15) is 9.59 Å². The van der Waals surface area contributed by atoms with Crippen molar-refractivity contribution in [1.82, 2.24) is 5.32 Å². The summed E-state index contributed by atoms with van der Waals surface area (Å²) >= 11 is 0. The number of hydrogen-bond acceptors (Lipinski definition) is 2. The molecule has 0 atom stereocenters. The van der Waals surface area contributed by atoms with Crippen molar-refractivity contribution in [2.45, 2.75) is 20.3 Å². The Balaban J connectivity index is 4.04. The highest BCUT2D eigenvalue weighted by Crippen LogP contribution is 2.19. The molecule has 0 aliphatic carbocycles. The summed E-state index contributed by atoms with van der Waals surface area (Å²) in [7, 11) is 0. The molecule has 13 heavy (non-hydrogen) atoms. The summed E-state index contributed by atoms with van der Waals surface area (Å²) in [4.78, 5) is 21.7. The van der Waals surface area contributed by atoms with Gasteiger partial charge in [-0.1, -0.05) is 6.08 Å². The zero-order chi connectivity index (χ0) is 10.5. The normalized spacial score (nSPS) is 10.6. The summed E-state index contributed by atoms with van der Waals surface area (Å²) in [6.45, 7) is 6.84. The largest absolute Gasteiger partial charge is 0.481 e. The number of carboxylic acid groups (broad SMARTS) is 1. The quantitative estimate of drug-likeness (QED) is 0.622. The highest BCUT2D eigenvalue weighted by Gasteiger charge is 2.29. The molecule has 4 nitrogen and oxygen atoms in total. The second-order valence-corrected chi connectivity index (χ2v) is 3.46. The van der Waals surface area contributed by atoms with Crippen LogP contribution in [0, 0.1) is 5.41 Å². The third-order valence-corrected chi connectivity index (χ3v) is 1.63. The Kier molecular flexibility index (Phi) is 4.17. The molecule has 0 bridgehead atoms. The van der Waals surface area contributed by atoms with E-state index in [1.54, 1.807) is 6.08 Å². The van der Waals surface area contributed by atoms with E-state index < -0.39 is 11.4 Å². The Hall–Kier alpha value is -1.32. The minimum absolute atomic E-state index is 0.0177. The lowest BCUT2D eigenvalue weighted by Gasteiger charge is -2.17. The maximum atomic E-state index is 11.1. The average molecular weight is 185 g/mol. The van der Waals surface area contributed by atoms with E-state index in [2.05, 4.69) is 11.9 Å². The van der Waals surface area contributed by atoms with Crippen LogP contribution in [0.4, 0.5) is 0 Å². The van der Waals surface area contributed by atoms with Crippen molar-refractivity contribution in [3.8, 4) is 0 Å². The molecule has 0 aromatic carbocycles. The third kappa shape index (κ3) is 4.30. The molecule has 0 fully saturated rings. The van der Waals surface area contributed by atoms with E-state index in [4.69, 9.17) is 5.11 Å². The first kappa shape index (κ1) is 11.7. The number of carbonyl (C=O) groups is 2. The van der Waals surface area contributed by atoms with Gasteiger partial charge in [0.15, 0.2) is 0 Å². The Morgan fingerprint density at radius 3 is 2.46 bits per heavy atom. The predicted molar refractivity (Wildman–Crippen MR) is 49.2 cm³/mol. The molecule has 0 aromatic heterocycles. The molecule has 2 N–H and O–H groups in total. The first-order valence-electron chi connectivity index (χ1n) is 4.01. The fourth-order valence-corrected chi connectivity index (χ4v) is 0.726. The summed E-state index contributed by atoms with van der Waals surface area (Å²) in [6.07, 6.45) is 1.53. The van der Waals surface area contributed by atoms with Crippen molar-refractivity contribution >= 4 is 11.9 Å². The molecule has 0 aliphatic rings. The molecule has 0 aliphatic heterocycles. The molecule has 0 rings (SSSR count). The van der Waals surface area contributed by atoms with Gasteiger partial charge in [-0.3, -0.25) is 9.59 Å². The molecule has 0 radical (unpaired) electrons. The number of carboxylic acids is 1. The number of amides is 1. The van der Waals surface area contributed by atoms with E-state index in [0.29, 0.717) is 6.54 Å². The lowest BCUT2D eigenvalue weighted by molar-refractivity contribution is -0.149. The second kappa shape index (κ2) is 4.64. The minimum atomic E-state index is -1.01. The van der Waals surface area contributed by atoms with Crippen LogP contribution in [0.15, 0.2) is 12.7 Å². The standard InChI is InChI=1S/C9H15NO3/c1-4-5-10-7(11)6-9(2,3)8(12)13/h4H,1,5-6H2,2-3H3,(H,10,11)(H,12,13). The van der Waals surface area contributed by atoms with Crippen LogP contribution in [0.5, 0.6) is 0 Å². The van der Waals surface area contributed by atoms with Crippen molar-refractivity contribution in [1.29, 1.82) is 0 Å². The molecule has 4 heteroatoms. The predicted octanol–water partition coefficient (Wildman–Crippen LogP) is 0.790. The van der Waals surface area contributed by atoms with Crippen LogP contribution in [0.2, 0.25) is 0 Å². The number of aliphatic carboxylic acids is 1. The molecule has 1 amide bonds. The van der Waals surface area contributed by atoms with Gasteiger partial charge in [-0.05, 0) is 13.8 Å². The Morgan fingerprint density at radius 2 is 2.08 bits per heavy atom. The van der Waals surface area contributed by atoms with Crippen molar-refractivity contribution < 1.29 is 14.7 Å². The van der Waals surface area contributed by atoms with Crippen LogP contribution < -0.4 is 5.32 Å². The number of carbonyl (C=O) groups excluding carboxylic acids is 1. The lowest BCUT2D eigenvalue weighted by atomic mass is 9.89. The second-order valence-electron chi connectivity index (χ2n) is 3.46. The summed E-state index contributed by atoms with van der Waals surface area (Å²) in [5.41, 5.74) is -1.01. The zero-order valence-corrected chi connectivity index (χ0v) is 7.96. The highest BCUT2D eigenvalue weighted by atomic mass is 16.4. The summed E-state index contributed by atoms with van der Waals surface area (Å²) in [5, 5.41) is 11.2. The first-order valence-corrected chi connectivity index (χ1v) is 4.01. The number of rotatable bonds is 5. The van der Waals surface area contributed by atoms with Crippen molar-refractivity contribution in [3.63, 3.8) is 0 Å². The van der Waals surface area contributed by atoms with Gasteiger partial charge in [-0.25, -0.2) is 0 Å². The number of hydrogen-bond donors (Lipinski definition) is 2. The van der Waals surface area contributed by atoms with Crippen LogP contribution in [0.25, 0.3) is 0 Å². The van der Waals surface area contributed by atoms with E-state index in [-0.39, 0.29) is 12.3 Å². The fourth-order valence-electron chi connectivity index (χ4n) is 0.726. The van der Waals surface area contributed by atoms with Gasteiger partial charge < -0.3 is 10.4 Å². The topological polar surface area (TPSA) is 66.4 Å². The number of nitrogens with one attached hydrogen (secondary N) is 1. The first-order chi connectivity index (χ1) is 5.90. The molecular formula is C9H15NO3. The molecule has 0 spiro atoms. The summed E-state index contributed by atoms with van der Waals surface area (Å²) in [5.74, 6) is -1.24. The van der Waals surface area contributed by atoms with E-state index in [1.807, 2.05) is 0 Å². The van der Waals surface area contributed by atoms with Crippen LogP contribution in [-0.2, 0) is 9.59 Å². The van der Waals surface area contributed by atoms with Gasteiger partial charge >= 0.3 is 5.97 Å². The van der Waals surface area contributed by atoms with Gasteiger partial charge in [0, 0.05) is 13.0 Å². The van der Waals surface area contributed by atoms with Gasteiger partial charge in [0.2, 0.25) is 5.91 Å². The van der Waals surface area contributed by atoms with Crippen LogP contribution >= 0.6 is 0 Å². The monoisotopic (exact) mass is 185 g/mol. The van der Waals surface area contributed by atoms with Gasteiger partial charge in [-0.15, -0.1) is 6.58 Å². The zero-order valence-electron chi connectivity index (χ0n) is 7.96. The third-order valence-electron chi connectivity index (χ3n) is 1.63. The molecule has 0 heterocycles. The highest BCUT2D eigenvalue weighted by molar-refractivity contribution is 5.84. The van der Waals surface area contributed by atoms with Crippen LogP contribution in [-0.4, -0.2) is 23.5 Å². The molecule has 0 unspecified atom stereocenters. The van der Waals surface area contributed by atoms with Gasteiger partial charge in [0.25, 0.3) is 0 Å². The van der Waals surface area contributed by atoms with Gasteiger partial charge in [0.1, 0.15) is 0 Å². The fraction of sp³-hybridized carbons (Fsp3) is 0.556. The van der Waals surface area contributed by atoms with Gasteiger partial charge in [0.05, 0.1) is 5.41 Å². The average Bonchev–Trinajstić information content (AvgIpc) is 1.99. The minimum Gasteiger partial charge on any atom is -0.481 e. The Bertz CT molecular complexity index is 221. The van der Waals surface area contributed by atoms with Crippen LogP contribution in [0.3, 0.4) is 0 Å². The summed E-state index contributed by atoms with van der Waals surface area (Å²) < 4.78 is 0. The van der Waals surface area contributed by atoms with Crippen molar-refractivity contribution in [2.24, 2.45) is 5.41 Å². The molecular weight excluding hydrogens is 170 g/mol. The molecule has 0 saturated heterocycles. The van der Waals surface area contributed by atoms with Gasteiger partial charge in [-0.2, -0.15) is 0 Å². The smallest absolute Gasteiger partial charge is 0.309 e. The lowest BCUT2D eigenvalue weighted by Crippen LogP contribution is -2.33. The molecule has 74 valence electrons. The maximum Gasteiger partial charge on any atom is 0.309 e. The van der Waals surface area contributed by atoms with Crippen molar-refractivity contribution in [3.05, 3.63) is 12.7 Å². The maximum absolute atomic E-state index is 11.1. The van der Waals surface area contributed by atoms with E-state index in [0.717, 1.165) is 0 Å². The molecule has 0 saturated carbocycles. The summed E-state index contributed by atoms with van der Waals surface area (Å²) in [6, 6.07) is 0. The van der Waals surface area contributed by atoms with Crippen molar-refractivity contribution in [2.75, 3.05) is 6.54 Å². The Labute approximate surface area is 77.6 Å². The Morgan fingerprint density at radius 1 is 1.54 bits per heavy atom. The molecule has 0 aromatic rings. The van der Waals surface area contributed by atoms with E-state index in [1.165, 1.54) is 13.8 Å². The van der Waals surface area contributed by atoms with E-state index >= 15 is 0 Å². The van der Waals surface area contributed by atoms with Crippen LogP contribution in [0.1, 0.15) is 20.3 Å².